The predicted molar refractivity (Wildman–Crippen MR) is 82.7 cm³/mol. The number of nitrogens with zero attached hydrogens (tertiary/aromatic N) is 1. The van der Waals surface area contributed by atoms with Crippen LogP contribution in [-0.4, -0.2) is 31.3 Å². The van der Waals surface area contributed by atoms with Crippen LogP contribution in [0.25, 0.3) is 0 Å². The van der Waals surface area contributed by atoms with Crippen LogP contribution in [0.4, 0.5) is 0 Å². The molecule has 0 fully saturated rings. The van der Waals surface area contributed by atoms with Gasteiger partial charge in [0.2, 0.25) is 0 Å². The SMILES string of the molecule is COCc1nc(C(=O)OCCOc2cccc(Br)c2)cs1. The Bertz CT molecular complexity index is 602. The molecule has 112 valence electrons. The molecule has 7 heteroatoms. The van der Waals surface area contributed by atoms with Gasteiger partial charge in [-0.05, 0) is 18.2 Å². The van der Waals surface area contributed by atoms with E-state index >= 15 is 0 Å². The van der Waals surface area contributed by atoms with Crippen molar-refractivity contribution in [2.75, 3.05) is 20.3 Å². The summed E-state index contributed by atoms with van der Waals surface area (Å²) in [7, 11) is 1.58. The molecular formula is C14H14BrNO4S. The van der Waals surface area contributed by atoms with Crippen LogP contribution < -0.4 is 4.74 Å². The van der Waals surface area contributed by atoms with E-state index in [1.54, 1.807) is 12.5 Å². The lowest BCUT2D eigenvalue weighted by atomic mass is 10.3. The van der Waals surface area contributed by atoms with Gasteiger partial charge in [-0.2, -0.15) is 0 Å². The number of hydrogen-bond acceptors (Lipinski definition) is 6. The maximum atomic E-state index is 11.7. The summed E-state index contributed by atoms with van der Waals surface area (Å²) >= 11 is 4.72. The van der Waals surface area contributed by atoms with Crippen molar-refractivity contribution in [3.63, 3.8) is 0 Å². The third-order valence-electron chi connectivity index (χ3n) is 2.41. The van der Waals surface area contributed by atoms with Gasteiger partial charge in [-0.3, -0.25) is 0 Å². The van der Waals surface area contributed by atoms with Crippen LogP contribution >= 0.6 is 27.3 Å². The van der Waals surface area contributed by atoms with Gasteiger partial charge in [-0.15, -0.1) is 11.3 Å². The number of methoxy groups -OCH3 is 1. The van der Waals surface area contributed by atoms with Crippen LogP contribution in [0.5, 0.6) is 5.75 Å². The van der Waals surface area contributed by atoms with E-state index in [1.165, 1.54) is 11.3 Å². The summed E-state index contributed by atoms with van der Waals surface area (Å²) in [5.41, 5.74) is 0.300. The van der Waals surface area contributed by atoms with Crippen LogP contribution in [0.1, 0.15) is 15.5 Å². The van der Waals surface area contributed by atoms with E-state index in [2.05, 4.69) is 20.9 Å². The molecule has 0 amide bonds. The zero-order valence-electron chi connectivity index (χ0n) is 11.4. The van der Waals surface area contributed by atoms with Crippen LogP contribution in [-0.2, 0) is 16.1 Å². The minimum Gasteiger partial charge on any atom is -0.490 e. The monoisotopic (exact) mass is 371 g/mol. The normalized spacial score (nSPS) is 10.4. The van der Waals surface area contributed by atoms with Crippen LogP contribution in [0, 0.1) is 0 Å². The van der Waals surface area contributed by atoms with E-state index in [4.69, 9.17) is 14.2 Å². The van der Waals surface area contributed by atoms with Crippen LogP contribution in [0.2, 0.25) is 0 Å². The number of hydrogen-bond donors (Lipinski definition) is 0. The number of halogens is 1. The van der Waals surface area contributed by atoms with E-state index in [0.29, 0.717) is 12.3 Å². The summed E-state index contributed by atoms with van der Waals surface area (Å²) in [4.78, 5) is 15.9. The first kappa shape index (κ1) is 15.9. The Morgan fingerprint density at radius 2 is 2.24 bits per heavy atom. The van der Waals surface area contributed by atoms with Gasteiger partial charge in [-0.25, -0.2) is 9.78 Å². The van der Waals surface area contributed by atoms with Crippen molar-refractivity contribution in [1.82, 2.24) is 4.98 Å². The largest absolute Gasteiger partial charge is 0.490 e. The third kappa shape index (κ3) is 5.11. The van der Waals surface area contributed by atoms with Crippen LogP contribution in [0.3, 0.4) is 0 Å². The van der Waals surface area contributed by atoms with Crippen molar-refractivity contribution in [2.24, 2.45) is 0 Å². The minimum atomic E-state index is -0.452. The first-order valence-corrected chi connectivity index (χ1v) is 7.85. The molecule has 0 aliphatic rings. The second-order valence-corrected chi connectivity index (χ2v) is 5.86. The summed E-state index contributed by atoms with van der Waals surface area (Å²) in [6, 6.07) is 7.47. The molecule has 2 aromatic rings. The zero-order valence-corrected chi connectivity index (χ0v) is 13.8. The summed E-state index contributed by atoms with van der Waals surface area (Å²) in [6.07, 6.45) is 0. The maximum Gasteiger partial charge on any atom is 0.357 e. The summed E-state index contributed by atoms with van der Waals surface area (Å²) in [5, 5.41) is 2.40. The molecule has 5 nitrogen and oxygen atoms in total. The first-order chi connectivity index (χ1) is 10.2. The molecule has 0 bridgehead atoms. The highest BCUT2D eigenvalue weighted by Gasteiger charge is 2.12. The molecule has 0 aliphatic carbocycles. The fourth-order valence-electron chi connectivity index (χ4n) is 1.52. The molecule has 0 aliphatic heterocycles. The fraction of sp³-hybridized carbons (Fsp3) is 0.286. The van der Waals surface area contributed by atoms with Crippen LogP contribution in [0.15, 0.2) is 34.1 Å². The van der Waals surface area contributed by atoms with Gasteiger partial charge in [0.05, 0.1) is 6.61 Å². The number of thiazole rings is 1. The van der Waals surface area contributed by atoms with E-state index in [1.807, 2.05) is 24.3 Å². The maximum absolute atomic E-state index is 11.7. The van der Waals surface area contributed by atoms with Crippen molar-refractivity contribution >= 4 is 33.2 Å². The van der Waals surface area contributed by atoms with E-state index in [9.17, 15) is 4.79 Å². The van der Waals surface area contributed by atoms with Gasteiger partial charge >= 0.3 is 5.97 Å². The average Bonchev–Trinajstić information content (AvgIpc) is 2.93. The molecule has 0 saturated heterocycles. The number of carbonyl (C=O) groups excluding carboxylic acids is 1. The Morgan fingerprint density at radius 3 is 3.00 bits per heavy atom. The smallest absolute Gasteiger partial charge is 0.357 e. The molecule has 1 heterocycles. The summed E-state index contributed by atoms with van der Waals surface area (Å²) in [6.45, 7) is 0.851. The molecule has 1 aromatic heterocycles. The Balaban J connectivity index is 1.73. The van der Waals surface area contributed by atoms with Crippen molar-refractivity contribution in [1.29, 1.82) is 0 Å². The van der Waals surface area contributed by atoms with Gasteiger partial charge in [-0.1, -0.05) is 22.0 Å². The Kier molecular flexibility index (Phi) is 6.16. The number of ether oxygens (including phenoxy) is 3. The molecule has 2 rings (SSSR count). The Hall–Kier alpha value is -1.44. The highest BCUT2D eigenvalue weighted by molar-refractivity contribution is 9.10. The number of esters is 1. The van der Waals surface area contributed by atoms with Gasteiger partial charge < -0.3 is 14.2 Å². The molecule has 0 unspecified atom stereocenters. The van der Waals surface area contributed by atoms with E-state index in [-0.39, 0.29) is 13.2 Å². The van der Waals surface area contributed by atoms with Crippen molar-refractivity contribution in [3.05, 3.63) is 44.8 Å². The molecule has 0 spiro atoms. The summed E-state index contributed by atoms with van der Waals surface area (Å²) in [5.74, 6) is 0.267. The Morgan fingerprint density at radius 1 is 1.38 bits per heavy atom. The lowest BCUT2D eigenvalue weighted by Crippen LogP contribution is -2.12. The quantitative estimate of drug-likeness (QED) is 0.552. The molecule has 0 N–H and O–H groups in total. The van der Waals surface area contributed by atoms with Gasteiger partial charge in [0.15, 0.2) is 5.69 Å². The standard InChI is InChI=1S/C14H14BrNO4S/c1-18-8-13-16-12(9-21-13)14(17)20-6-5-19-11-4-2-3-10(15)7-11/h2-4,7,9H,5-6,8H2,1H3. The Labute approximate surface area is 135 Å². The average molecular weight is 372 g/mol. The number of benzene rings is 1. The van der Waals surface area contributed by atoms with Gasteiger partial charge in [0.25, 0.3) is 0 Å². The minimum absolute atomic E-state index is 0.169. The second kappa shape index (κ2) is 8.11. The first-order valence-electron chi connectivity index (χ1n) is 6.18. The molecule has 0 atom stereocenters. The fourth-order valence-corrected chi connectivity index (χ4v) is 2.63. The van der Waals surface area contributed by atoms with Crippen molar-refractivity contribution in [2.45, 2.75) is 6.61 Å². The molecule has 1 aromatic carbocycles. The second-order valence-electron chi connectivity index (χ2n) is 4.00. The highest BCUT2D eigenvalue weighted by Crippen LogP contribution is 2.17. The van der Waals surface area contributed by atoms with E-state index < -0.39 is 5.97 Å². The number of rotatable bonds is 7. The molecule has 21 heavy (non-hydrogen) atoms. The van der Waals surface area contributed by atoms with Gasteiger partial charge in [0.1, 0.15) is 24.0 Å². The zero-order chi connectivity index (χ0) is 15.1. The number of carbonyl (C=O) groups is 1. The lowest BCUT2D eigenvalue weighted by Gasteiger charge is -2.06. The number of aromatic nitrogens is 1. The topological polar surface area (TPSA) is 57.7 Å². The predicted octanol–water partition coefficient (Wildman–Crippen LogP) is 3.29. The van der Waals surface area contributed by atoms with Gasteiger partial charge in [0, 0.05) is 17.0 Å². The molecular weight excluding hydrogens is 358 g/mol. The lowest BCUT2D eigenvalue weighted by molar-refractivity contribution is 0.0444. The highest BCUT2D eigenvalue weighted by atomic mass is 79.9. The van der Waals surface area contributed by atoms with Crippen molar-refractivity contribution < 1.29 is 19.0 Å². The third-order valence-corrected chi connectivity index (χ3v) is 3.73. The molecule has 0 radical (unpaired) electrons. The van der Waals surface area contributed by atoms with Crippen molar-refractivity contribution in [3.8, 4) is 5.75 Å². The molecule has 0 saturated carbocycles. The van der Waals surface area contributed by atoms with E-state index in [0.717, 1.165) is 15.2 Å². The summed E-state index contributed by atoms with van der Waals surface area (Å²) < 4.78 is 16.5.